The average Bonchev–Trinajstić information content (AvgIpc) is 3.20. The van der Waals surface area contributed by atoms with Gasteiger partial charge in [0.2, 0.25) is 5.78 Å². The van der Waals surface area contributed by atoms with E-state index < -0.39 is 5.69 Å². The molecule has 0 saturated heterocycles. The van der Waals surface area contributed by atoms with Gasteiger partial charge in [-0.2, -0.15) is 4.98 Å². The van der Waals surface area contributed by atoms with Crippen LogP contribution in [0.25, 0.3) is 22.6 Å². The van der Waals surface area contributed by atoms with Gasteiger partial charge in [0.1, 0.15) is 0 Å². The predicted octanol–water partition coefficient (Wildman–Crippen LogP) is 2.45. The lowest BCUT2D eigenvalue weighted by atomic mass is 10.3. The summed E-state index contributed by atoms with van der Waals surface area (Å²) in [5.74, 6) is 0.540. The molecule has 0 aliphatic carbocycles. The molecule has 3 heterocycles. The highest BCUT2D eigenvalue weighted by atomic mass is 35.5. The topological polar surface area (TPSA) is 75.5 Å². The van der Waals surface area contributed by atoms with E-state index in [9.17, 15) is 9.59 Å². The van der Waals surface area contributed by atoms with E-state index in [-0.39, 0.29) is 18.7 Å². The van der Waals surface area contributed by atoms with E-state index in [1.807, 2.05) is 43.5 Å². The van der Waals surface area contributed by atoms with Crippen molar-refractivity contribution in [1.29, 1.82) is 0 Å². The maximum absolute atomic E-state index is 13.2. The van der Waals surface area contributed by atoms with E-state index in [0.29, 0.717) is 28.6 Å². The summed E-state index contributed by atoms with van der Waals surface area (Å²) >= 11 is 6.43. The summed E-state index contributed by atoms with van der Waals surface area (Å²) in [5, 5.41) is 0.572. The van der Waals surface area contributed by atoms with E-state index in [1.54, 1.807) is 17.5 Å². The number of fused-ring (bicyclic) bond motifs is 3. The van der Waals surface area contributed by atoms with E-state index in [1.165, 1.54) is 9.13 Å². The van der Waals surface area contributed by atoms with Gasteiger partial charge in [0, 0.05) is 25.0 Å². The molecule has 9 heteroatoms. The Balaban J connectivity index is 2.10. The number of aromatic nitrogens is 5. The van der Waals surface area contributed by atoms with Crippen LogP contribution in [0.5, 0.6) is 0 Å². The van der Waals surface area contributed by atoms with Crippen LogP contribution >= 0.6 is 11.6 Å². The highest BCUT2D eigenvalue weighted by Gasteiger charge is 2.23. The van der Waals surface area contributed by atoms with Gasteiger partial charge in [-0.15, -0.1) is 0 Å². The van der Waals surface area contributed by atoms with Crippen molar-refractivity contribution in [3.63, 3.8) is 0 Å². The molecule has 0 aliphatic heterocycles. The second kappa shape index (κ2) is 7.20. The van der Waals surface area contributed by atoms with Gasteiger partial charge in [0.25, 0.3) is 5.56 Å². The van der Waals surface area contributed by atoms with Crippen LogP contribution in [0.15, 0.2) is 33.9 Å². The molecular formula is C20H22ClN5O3. The summed E-state index contributed by atoms with van der Waals surface area (Å²) in [4.78, 5) is 30.7. The Kier molecular flexibility index (Phi) is 4.84. The summed E-state index contributed by atoms with van der Waals surface area (Å²) in [6.07, 6.45) is 0. The molecule has 0 saturated carbocycles. The Morgan fingerprint density at radius 2 is 1.86 bits per heavy atom. The maximum Gasteiger partial charge on any atom is 0.332 e. The number of nitrogens with zero attached hydrogens (tertiary/aromatic N) is 5. The SMILES string of the molecule is CCOCCn1c(=O)c2c(nc3n(-c4ccccc4Cl)c(C)c(C)n23)n(C)c1=O. The molecule has 4 rings (SSSR count). The third-order valence-corrected chi connectivity index (χ3v) is 5.60. The monoisotopic (exact) mass is 415 g/mol. The van der Waals surface area contributed by atoms with E-state index in [0.717, 1.165) is 17.1 Å². The molecule has 0 atom stereocenters. The van der Waals surface area contributed by atoms with Gasteiger partial charge in [-0.05, 0) is 32.9 Å². The Morgan fingerprint density at radius 1 is 1.14 bits per heavy atom. The molecule has 0 spiro atoms. The highest BCUT2D eigenvalue weighted by Crippen LogP contribution is 2.28. The molecule has 0 N–H and O–H groups in total. The van der Waals surface area contributed by atoms with Crippen molar-refractivity contribution in [2.24, 2.45) is 7.05 Å². The minimum Gasteiger partial charge on any atom is -0.380 e. The highest BCUT2D eigenvalue weighted by molar-refractivity contribution is 6.32. The molecule has 8 nitrogen and oxygen atoms in total. The number of benzene rings is 1. The lowest BCUT2D eigenvalue weighted by Crippen LogP contribution is -2.40. The van der Waals surface area contributed by atoms with Crippen molar-refractivity contribution in [1.82, 2.24) is 23.1 Å². The van der Waals surface area contributed by atoms with E-state index >= 15 is 0 Å². The summed E-state index contributed by atoms with van der Waals surface area (Å²) < 4.78 is 11.7. The van der Waals surface area contributed by atoms with Gasteiger partial charge < -0.3 is 4.74 Å². The Hall–Kier alpha value is -2.84. The van der Waals surface area contributed by atoms with Crippen molar-refractivity contribution in [3.05, 3.63) is 61.5 Å². The molecule has 1 aromatic carbocycles. The molecule has 152 valence electrons. The molecule has 29 heavy (non-hydrogen) atoms. The fraction of sp³-hybridized carbons (Fsp3) is 0.350. The molecule has 4 aromatic rings. The summed E-state index contributed by atoms with van der Waals surface area (Å²) in [5.41, 5.74) is 2.45. The summed E-state index contributed by atoms with van der Waals surface area (Å²) in [6, 6.07) is 7.46. The number of imidazole rings is 2. The molecule has 0 bridgehead atoms. The van der Waals surface area contributed by atoms with Crippen molar-refractivity contribution < 1.29 is 4.74 Å². The van der Waals surface area contributed by atoms with Gasteiger partial charge in [-0.1, -0.05) is 23.7 Å². The first-order valence-corrected chi connectivity index (χ1v) is 9.78. The fourth-order valence-electron chi connectivity index (χ4n) is 3.67. The first kappa shape index (κ1) is 19.5. The number of aryl methyl sites for hydroxylation is 2. The molecule has 0 radical (unpaired) electrons. The van der Waals surface area contributed by atoms with Gasteiger partial charge in [0.05, 0.1) is 23.9 Å². The van der Waals surface area contributed by atoms with Crippen LogP contribution in [0.1, 0.15) is 18.3 Å². The molecule has 0 aliphatic rings. The zero-order chi connectivity index (χ0) is 20.9. The first-order valence-electron chi connectivity index (χ1n) is 9.41. The van der Waals surface area contributed by atoms with Gasteiger partial charge in [-0.3, -0.25) is 22.9 Å². The van der Waals surface area contributed by atoms with Crippen LogP contribution in [0.2, 0.25) is 5.02 Å². The minimum absolute atomic E-state index is 0.186. The average molecular weight is 416 g/mol. The molecular weight excluding hydrogens is 394 g/mol. The Morgan fingerprint density at radius 3 is 2.55 bits per heavy atom. The van der Waals surface area contributed by atoms with Crippen molar-refractivity contribution in [2.75, 3.05) is 13.2 Å². The molecule has 3 aromatic heterocycles. The maximum atomic E-state index is 13.2. The van der Waals surface area contributed by atoms with Crippen molar-refractivity contribution in [3.8, 4) is 5.69 Å². The van der Waals surface area contributed by atoms with Crippen LogP contribution in [0.3, 0.4) is 0 Å². The van der Waals surface area contributed by atoms with Crippen molar-refractivity contribution >= 4 is 28.5 Å². The lowest BCUT2D eigenvalue weighted by Gasteiger charge is -2.09. The van der Waals surface area contributed by atoms with Gasteiger partial charge in [-0.25, -0.2) is 4.79 Å². The minimum atomic E-state index is -0.415. The van der Waals surface area contributed by atoms with Crippen LogP contribution in [-0.2, 0) is 18.3 Å². The number of rotatable bonds is 5. The normalized spacial score (nSPS) is 11.8. The third-order valence-electron chi connectivity index (χ3n) is 5.28. The largest absolute Gasteiger partial charge is 0.380 e. The summed E-state index contributed by atoms with van der Waals surface area (Å²) in [6.45, 7) is 6.74. The van der Waals surface area contributed by atoms with Crippen LogP contribution in [-0.4, -0.2) is 36.3 Å². The van der Waals surface area contributed by atoms with Crippen LogP contribution in [0.4, 0.5) is 0 Å². The number of para-hydroxylation sites is 1. The van der Waals surface area contributed by atoms with E-state index in [2.05, 4.69) is 4.98 Å². The quantitative estimate of drug-likeness (QED) is 0.469. The van der Waals surface area contributed by atoms with Gasteiger partial charge in [0.15, 0.2) is 11.2 Å². The predicted molar refractivity (Wildman–Crippen MR) is 113 cm³/mol. The third kappa shape index (κ3) is 2.82. The molecule has 0 amide bonds. The van der Waals surface area contributed by atoms with Gasteiger partial charge >= 0.3 is 5.69 Å². The number of hydrogen-bond acceptors (Lipinski definition) is 4. The standard InChI is InChI=1S/C20H22ClN5O3/c1-5-29-11-10-24-18(27)16-17(23(4)20(24)28)22-19-25(12(2)13(3)26(16)19)15-9-7-6-8-14(15)21/h6-9H,5,10-11H2,1-4H3. The van der Waals surface area contributed by atoms with E-state index in [4.69, 9.17) is 16.3 Å². The zero-order valence-corrected chi connectivity index (χ0v) is 17.5. The molecule has 0 unspecified atom stereocenters. The lowest BCUT2D eigenvalue weighted by molar-refractivity contribution is 0.137. The Labute approximate surface area is 171 Å². The number of hydrogen-bond donors (Lipinski definition) is 0. The first-order chi connectivity index (χ1) is 13.9. The van der Waals surface area contributed by atoms with Crippen molar-refractivity contribution in [2.45, 2.75) is 27.3 Å². The second-order valence-corrected chi connectivity index (χ2v) is 7.28. The molecule has 0 fully saturated rings. The van der Waals surface area contributed by atoms with Crippen LogP contribution in [0, 0.1) is 13.8 Å². The number of halogens is 1. The Bertz CT molecular complexity index is 1360. The zero-order valence-electron chi connectivity index (χ0n) is 16.8. The smallest absolute Gasteiger partial charge is 0.332 e. The fourth-order valence-corrected chi connectivity index (χ4v) is 3.89. The number of ether oxygens (including phenoxy) is 1. The van der Waals surface area contributed by atoms with Crippen LogP contribution < -0.4 is 11.2 Å². The summed E-state index contributed by atoms with van der Waals surface area (Å²) in [7, 11) is 1.62. The second-order valence-electron chi connectivity index (χ2n) is 6.87.